The Hall–Kier alpha value is 0.177. The van der Waals surface area contributed by atoms with Gasteiger partial charge in [-0.2, -0.15) is 0 Å². The van der Waals surface area contributed by atoms with E-state index in [-0.39, 0.29) is 9.68 Å². The van der Waals surface area contributed by atoms with E-state index < -0.39 is 0 Å². The van der Waals surface area contributed by atoms with E-state index in [0.717, 1.165) is 5.92 Å². The Morgan fingerprint density at radius 2 is 2.00 bits per heavy atom. The van der Waals surface area contributed by atoms with Gasteiger partial charge in [-0.15, -0.1) is 0 Å². The van der Waals surface area contributed by atoms with Crippen LogP contribution in [-0.2, 0) is 0 Å². The molecule has 0 fully saturated rings. The molecule has 0 N–H and O–H groups in total. The topological polar surface area (TPSA) is 3.24 Å². The molecule has 0 bridgehead atoms. The minimum Gasteiger partial charge on any atom is -0.334 e. The molecule has 0 saturated carbocycles. The second kappa shape index (κ2) is 5.00. The van der Waals surface area contributed by atoms with Gasteiger partial charge in [0.15, 0.2) is 0 Å². The van der Waals surface area contributed by atoms with Crippen molar-refractivity contribution in [1.29, 1.82) is 0 Å². The third-order valence-corrected chi connectivity index (χ3v) is 3.90. The van der Waals surface area contributed by atoms with E-state index in [9.17, 15) is 0 Å². The molecule has 1 nitrogen and oxygen atoms in total. The summed E-state index contributed by atoms with van der Waals surface area (Å²) in [5.74, 6) is 0.957. The molecule has 0 aromatic rings. The van der Waals surface area contributed by atoms with E-state index in [1.54, 1.807) is 0 Å². The molecule has 0 aliphatic heterocycles. The molecule has 0 aliphatic rings. The first-order valence-corrected chi connectivity index (χ1v) is 5.44. The predicted octanol–water partition coefficient (Wildman–Crippen LogP) is 1.10. The van der Waals surface area contributed by atoms with Crippen molar-refractivity contribution in [3.63, 3.8) is 0 Å². The Balaban J connectivity index is 3.06. The fourth-order valence-corrected chi connectivity index (χ4v) is 2.05. The Kier molecular flexibility index (Phi) is 5.10. The van der Waals surface area contributed by atoms with Gasteiger partial charge in [0.05, 0.1) is 9.68 Å². The molecule has 0 radical (unpaired) electrons. The number of hydrogen-bond donors (Lipinski definition) is 0. The SMILES string of the molecule is CCC(C)C[SiH2]N(C)C. The third kappa shape index (κ3) is 6.06. The first-order chi connectivity index (χ1) is 4.16. The zero-order valence-corrected chi connectivity index (χ0v) is 8.56. The largest absolute Gasteiger partial charge is 0.334 e. The van der Waals surface area contributed by atoms with Crippen LogP contribution >= 0.6 is 0 Å². The lowest BCUT2D eigenvalue weighted by atomic mass is 10.2. The minimum absolute atomic E-state index is 0.121. The van der Waals surface area contributed by atoms with Crippen LogP contribution in [0.5, 0.6) is 0 Å². The molecule has 56 valence electrons. The van der Waals surface area contributed by atoms with Gasteiger partial charge in [0.25, 0.3) is 0 Å². The fraction of sp³-hybridized carbons (Fsp3) is 1.00. The van der Waals surface area contributed by atoms with Gasteiger partial charge >= 0.3 is 0 Å². The third-order valence-electron chi connectivity index (χ3n) is 1.77. The van der Waals surface area contributed by atoms with Crippen molar-refractivity contribution in [2.24, 2.45) is 5.92 Å². The molecule has 0 saturated heterocycles. The van der Waals surface area contributed by atoms with Crippen LogP contribution in [0.3, 0.4) is 0 Å². The van der Waals surface area contributed by atoms with Crippen LogP contribution in [0.15, 0.2) is 0 Å². The van der Waals surface area contributed by atoms with E-state index in [4.69, 9.17) is 0 Å². The summed E-state index contributed by atoms with van der Waals surface area (Å²) in [6, 6.07) is 1.48. The van der Waals surface area contributed by atoms with Crippen LogP contribution in [-0.4, -0.2) is 28.3 Å². The van der Waals surface area contributed by atoms with Gasteiger partial charge in [0.1, 0.15) is 0 Å². The van der Waals surface area contributed by atoms with Gasteiger partial charge in [-0.1, -0.05) is 20.3 Å². The summed E-state index contributed by atoms with van der Waals surface area (Å²) in [5.41, 5.74) is 0. The number of rotatable bonds is 4. The molecule has 2 heteroatoms. The highest BCUT2D eigenvalue weighted by Crippen LogP contribution is 2.05. The molecule has 0 aromatic heterocycles. The zero-order valence-electron chi connectivity index (χ0n) is 7.15. The average Bonchev–Trinajstić information content (AvgIpc) is 1.83. The summed E-state index contributed by atoms with van der Waals surface area (Å²) in [7, 11) is 4.50. The summed E-state index contributed by atoms with van der Waals surface area (Å²) < 4.78 is 2.38. The van der Waals surface area contributed by atoms with E-state index in [2.05, 4.69) is 32.5 Å². The van der Waals surface area contributed by atoms with Gasteiger partial charge in [0, 0.05) is 0 Å². The van der Waals surface area contributed by atoms with E-state index in [1.165, 1.54) is 12.5 Å². The molecule has 9 heavy (non-hydrogen) atoms. The Morgan fingerprint density at radius 3 is 2.33 bits per heavy atom. The lowest BCUT2D eigenvalue weighted by molar-refractivity contribution is 0.587. The maximum absolute atomic E-state index is 2.38. The minimum atomic E-state index is 0.121. The quantitative estimate of drug-likeness (QED) is 0.535. The van der Waals surface area contributed by atoms with Crippen molar-refractivity contribution in [2.75, 3.05) is 14.1 Å². The highest BCUT2D eigenvalue weighted by Gasteiger charge is 1.98. The van der Waals surface area contributed by atoms with Crippen LogP contribution in [0.1, 0.15) is 20.3 Å². The van der Waals surface area contributed by atoms with Gasteiger partial charge in [-0.25, -0.2) is 0 Å². The maximum atomic E-state index is 2.38. The molecule has 0 aromatic carbocycles. The highest BCUT2D eigenvalue weighted by molar-refractivity contribution is 6.31. The zero-order chi connectivity index (χ0) is 7.28. The van der Waals surface area contributed by atoms with Gasteiger partial charge in [-0.3, -0.25) is 0 Å². The molecule has 0 amide bonds. The standard InChI is InChI=1S/C7H19NSi/c1-5-7(2)6-9-8(3)4/h7H,5-6,9H2,1-4H3. The molecule has 0 spiro atoms. The van der Waals surface area contributed by atoms with Crippen LogP contribution in [0, 0.1) is 5.92 Å². The first kappa shape index (κ1) is 9.18. The van der Waals surface area contributed by atoms with Gasteiger partial charge < -0.3 is 4.57 Å². The van der Waals surface area contributed by atoms with E-state index >= 15 is 0 Å². The van der Waals surface area contributed by atoms with Crippen LogP contribution in [0.25, 0.3) is 0 Å². The number of hydrogen-bond acceptors (Lipinski definition) is 1. The average molecular weight is 145 g/mol. The van der Waals surface area contributed by atoms with E-state index in [1.807, 2.05) is 0 Å². The second-order valence-corrected chi connectivity index (χ2v) is 5.39. The monoisotopic (exact) mass is 145 g/mol. The molecule has 1 unspecified atom stereocenters. The molecular weight excluding hydrogens is 126 g/mol. The van der Waals surface area contributed by atoms with Gasteiger partial charge in [0.2, 0.25) is 0 Å². The Labute approximate surface area is 61.3 Å². The maximum Gasteiger partial charge on any atom is 0.0946 e. The van der Waals surface area contributed by atoms with Gasteiger partial charge in [-0.05, 0) is 26.1 Å². The van der Waals surface area contributed by atoms with Crippen molar-refractivity contribution in [1.82, 2.24) is 4.57 Å². The molecular formula is C7H19NSi. The van der Waals surface area contributed by atoms with E-state index in [0.29, 0.717) is 0 Å². The second-order valence-electron chi connectivity index (χ2n) is 3.11. The molecule has 0 rings (SSSR count). The van der Waals surface area contributed by atoms with Crippen LogP contribution < -0.4 is 0 Å². The summed E-state index contributed by atoms with van der Waals surface area (Å²) in [6.07, 6.45) is 1.35. The number of nitrogens with zero attached hydrogens (tertiary/aromatic N) is 1. The highest BCUT2D eigenvalue weighted by atomic mass is 28.2. The normalized spacial score (nSPS) is 15.7. The molecule has 1 atom stereocenters. The Morgan fingerprint density at radius 1 is 1.44 bits per heavy atom. The summed E-state index contributed by atoms with van der Waals surface area (Å²) >= 11 is 0. The van der Waals surface area contributed by atoms with Crippen molar-refractivity contribution >= 4 is 9.68 Å². The van der Waals surface area contributed by atoms with Crippen LogP contribution in [0.2, 0.25) is 6.04 Å². The molecule has 0 heterocycles. The Bertz CT molecular complexity index is 63.9. The van der Waals surface area contributed by atoms with Crippen molar-refractivity contribution in [2.45, 2.75) is 26.3 Å². The van der Waals surface area contributed by atoms with Crippen molar-refractivity contribution in [3.8, 4) is 0 Å². The lowest BCUT2D eigenvalue weighted by Crippen LogP contribution is -2.18. The summed E-state index contributed by atoms with van der Waals surface area (Å²) in [6.45, 7) is 4.62. The summed E-state index contributed by atoms with van der Waals surface area (Å²) in [5, 5.41) is 0. The fourth-order valence-electron chi connectivity index (χ4n) is 0.683. The summed E-state index contributed by atoms with van der Waals surface area (Å²) in [4.78, 5) is 0. The van der Waals surface area contributed by atoms with Crippen LogP contribution in [0.4, 0.5) is 0 Å². The predicted molar refractivity (Wildman–Crippen MR) is 46.5 cm³/mol. The van der Waals surface area contributed by atoms with Crippen molar-refractivity contribution in [3.05, 3.63) is 0 Å². The lowest BCUT2D eigenvalue weighted by Gasteiger charge is -2.11. The molecule has 0 aliphatic carbocycles. The first-order valence-electron chi connectivity index (χ1n) is 3.81. The smallest absolute Gasteiger partial charge is 0.0946 e. The van der Waals surface area contributed by atoms with Crippen molar-refractivity contribution < 1.29 is 0 Å².